The minimum Gasteiger partial charge on any atom is -0.310 e. The van der Waals surface area contributed by atoms with E-state index in [-0.39, 0.29) is 0 Å². The first-order chi connectivity index (χ1) is 34.2. The van der Waals surface area contributed by atoms with Crippen molar-refractivity contribution in [3.05, 3.63) is 320 Å². The van der Waals surface area contributed by atoms with Crippen LogP contribution < -0.4 is 25.6 Å². The molecule has 0 unspecified atom stereocenters. The van der Waals surface area contributed by atoms with Gasteiger partial charge in [-0.25, -0.2) is 0 Å². The van der Waals surface area contributed by atoms with E-state index in [9.17, 15) is 0 Å². The molecule has 1 aliphatic carbocycles. The molecule has 1 nitrogen and oxygen atoms in total. The van der Waals surface area contributed by atoms with Crippen LogP contribution in [-0.4, -0.2) is 8.07 Å². The van der Waals surface area contributed by atoms with E-state index >= 15 is 0 Å². The van der Waals surface area contributed by atoms with Gasteiger partial charge in [0.1, 0.15) is 0 Å². The highest BCUT2D eigenvalue weighted by Crippen LogP contribution is 2.56. The van der Waals surface area contributed by atoms with Crippen LogP contribution in [0.1, 0.15) is 22.3 Å². The third-order valence-electron chi connectivity index (χ3n) is 14.3. The summed E-state index contributed by atoms with van der Waals surface area (Å²) < 4.78 is 0. The smallest absolute Gasteiger partial charge is 0.179 e. The van der Waals surface area contributed by atoms with Crippen LogP contribution in [-0.2, 0) is 5.41 Å². The van der Waals surface area contributed by atoms with Gasteiger partial charge in [0.25, 0.3) is 0 Å². The van der Waals surface area contributed by atoms with Crippen LogP contribution in [0.15, 0.2) is 297 Å². The Morgan fingerprint density at radius 3 is 1.00 bits per heavy atom. The largest absolute Gasteiger partial charge is 0.310 e. The van der Waals surface area contributed by atoms with Crippen LogP contribution in [0.4, 0.5) is 17.1 Å². The fourth-order valence-electron chi connectivity index (χ4n) is 11.3. The minimum atomic E-state index is -2.75. The SMILES string of the molecule is c1ccc(-c2cccc(N(c3ccc(C4(c5ccc([Si](c6ccccc6)(c6ccccc6)c6ccccc6)cc5)c5ccccc5-c5ccccc54)cc3)c3cccc(-c4ccccc4)c3)c2)cc1. The minimum absolute atomic E-state index is 0.577. The fraction of sp³-hybridized carbons (Fsp3) is 0.0149. The standard InChI is InChI=1S/C67H49NSi/c1-6-22-50(23-7-1)52-26-20-28-57(48-52)68(58-29-21-27-53(49-58)51-24-8-2-9-25-51)56-44-40-54(41-45-56)67(65-38-18-16-36-63(65)64-37-17-19-39-66(64)67)55-42-46-62(47-43-55)69(59-30-10-3-11-31-59,60-32-12-4-13-33-60)61-34-14-5-15-35-61/h1-49H. The summed E-state index contributed by atoms with van der Waals surface area (Å²) in [7, 11) is -2.75. The van der Waals surface area contributed by atoms with Crippen molar-refractivity contribution in [2.24, 2.45) is 0 Å². The summed E-state index contributed by atoms with van der Waals surface area (Å²) in [5.41, 5.74) is 15.1. The maximum atomic E-state index is 2.45. The fourth-order valence-corrected chi connectivity index (χ4v) is 16.0. The van der Waals surface area contributed by atoms with E-state index in [1.807, 2.05) is 0 Å². The van der Waals surface area contributed by atoms with Crippen molar-refractivity contribution in [3.63, 3.8) is 0 Å². The number of nitrogens with zero attached hydrogens (tertiary/aromatic N) is 1. The van der Waals surface area contributed by atoms with E-state index in [0.29, 0.717) is 0 Å². The number of rotatable bonds is 11. The second kappa shape index (κ2) is 17.9. The monoisotopic (exact) mass is 895 g/mol. The summed E-state index contributed by atoms with van der Waals surface area (Å²) in [6.45, 7) is 0. The van der Waals surface area contributed by atoms with Crippen molar-refractivity contribution >= 4 is 45.9 Å². The average molecular weight is 896 g/mol. The summed E-state index contributed by atoms with van der Waals surface area (Å²) in [6, 6.07) is 110. The lowest BCUT2D eigenvalue weighted by Gasteiger charge is -2.37. The van der Waals surface area contributed by atoms with Crippen molar-refractivity contribution in [1.29, 1.82) is 0 Å². The molecular weight excluding hydrogens is 847 g/mol. The van der Waals surface area contributed by atoms with Crippen molar-refractivity contribution < 1.29 is 0 Å². The van der Waals surface area contributed by atoms with E-state index in [1.165, 1.54) is 76.4 Å². The Hall–Kier alpha value is -8.56. The summed E-state index contributed by atoms with van der Waals surface area (Å²) >= 11 is 0. The molecule has 0 spiro atoms. The summed E-state index contributed by atoms with van der Waals surface area (Å²) in [5.74, 6) is 0. The molecule has 2 heteroatoms. The molecule has 326 valence electrons. The second-order valence-electron chi connectivity index (χ2n) is 18.0. The van der Waals surface area contributed by atoms with Gasteiger partial charge in [-0.1, -0.05) is 261 Å². The molecule has 11 aromatic carbocycles. The van der Waals surface area contributed by atoms with Crippen LogP contribution in [0.5, 0.6) is 0 Å². The lowest BCUT2D eigenvalue weighted by molar-refractivity contribution is 0.769. The lowest BCUT2D eigenvalue weighted by Crippen LogP contribution is -2.74. The maximum Gasteiger partial charge on any atom is 0.179 e. The molecule has 0 radical (unpaired) electrons. The van der Waals surface area contributed by atoms with Gasteiger partial charge < -0.3 is 4.90 Å². The van der Waals surface area contributed by atoms with E-state index < -0.39 is 13.5 Å². The first kappa shape index (κ1) is 41.8. The summed E-state index contributed by atoms with van der Waals surface area (Å²) in [6.07, 6.45) is 0. The van der Waals surface area contributed by atoms with Gasteiger partial charge in [0.05, 0.1) is 5.41 Å². The van der Waals surface area contributed by atoms with Crippen LogP contribution in [0, 0.1) is 0 Å². The highest BCUT2D eigenvalue weighted by atomic mass is 28.3. The predicted molar refractivity (Wildman–Crippen MR) is 293 cm³/mol. The molecule has 0 fully saturated rings. The molecule has 0 aromatic heterocycles. The third kappa shape index (κ3) is 7.16. The van der Waals surface area contributed by atoms with Crippen LogP contribution in [0.3, 0.4) is 0 Å². The quantitative estimate of drug-likeness (QED) is 0.0924. The topological polar surface area (TPSA) is 3.24 Å². The lowest BCUT2D eigenvalue weighted by atomic mass is 9.67. The third-order valence-corrected chi connectivity index (χ3v) is 19.1. The number of benzene rings is 11. The maximum absolute atomic E-state index is 2.75. The molecular formula is C67H49NSi. The summed E-state index contributed by atoms with van der Waals surface area (Å²) in [4.78, 5) is 2.40. The molecule has 0 aliphatic heterocycles. The molecule has 0 saturated heterocycles. The van der Waals surface area contributed by atoms with Gasteiger partial charge in [0, 0.05) is 17.1 Å². The van der Waals surface area contributed by atoms with Crippen LogP contribution in [0.25, 0.3) is 33.4 Å². The van der Waals surface area contributed by atoms with Crippen molar-refractivity contribution in [2.75, 3.05) is 4.90 Å². The molecule has 0 bridgehead atoms. The Bertz CT molecular complexity index is 3290. The molecule has 0 N–H and O–H groups in total. The number of anilines is 3. The van der Waals surface area contributed by atoms with Crippen molar-refractivity contribution in [1.82, 2.24) is 0 Å². The molecule has 1 aliphatic rings. The Morgan fingerprint density at radius 1 is 0.246 bits per heavy atom. The summed E-state index contributed by atoms with van der Waals surface area (Å²) in [5, 5.41) is 5.45. The Labute approximate surface area is 407 Å². The van der Waals surface area contributed by atoms with E-state index in [2.05, 4.69) is 302 Å². The molecule has 0 heterocycles. The molecule has 69 heavy (non-hydrogen) atoms. The molecule has 12 rings (SSSR count). The normalized spacial score (nSPS) is 12.5. The Kier molecular flexibility index (Phi) is 10.9. The van der Waals surface area contributed by atoms with E-state index in [0.717, 1.165) is 17.1 Å². The van der Waals surface area contributed by atoms with Crippen molar-refractivity contribution in [3.8, 4) is 33.4 Å². The second-order valence-corrected chi connectivity index (χ2v) is 21.8. The molecule has 11 aromatic rings. The molecule has 0 amide bonds. The van der Waals surface area contributed by atoms with Gasteiger partial charge in [0.2, 0.25) is 0 Å². The number of hydrogen-bond donors (Lipinski definition) is 0. The Balaban J connectivity index is 1.05. The zero-order chi connectivity index (χ0) is 46.0. The van der Waals surface area contributed by atoms with Crippen molar-refractivity contribution in [2.45, 2.75) is 5.41 Å². The predicted octanol–water partition coefficient (Wildman–Crippen LogP) is 14.2. The van der Waals surface area contributed by atoms with Gasteiger partial charge in [-0.2, -0.15) is 0 Å². The van der Waals surface area contributed by atoms with Gasteiger partial charge in [-0.3, -0.25) is 0 Å². The van der Waals surface area contributed by atoms with Gasteiger partial charge in [0.15, 0.2) is 8.07 Å². The van der Waals surface area contributed by atoms with Crippen LogP contribution in [0.2, 0.25) is 0 Å². The van der Waals surface area contributed by atoms with Crippen LogP contribution >= 0.6 is 0 Å². The number of fused-ring (bicyclic) bond motifs is 3. The zero-order valence-electron chi connectivity index (χ0n) is 38.2. The first-order valence-electron chi connectivity index (χ1n) is 23.9. The van der Waals surface area contributed by atoms with Gasteiger partial charge in [-0.15, -0.1) is 0 Å². The zero-order valence-corrected chi connectivity index (χ0v) is 39.2. The van der Waals surface area contributed by atoms with E-state index in [1.54, 1.807) is 0 Å². The van der Waals surface area contributed by atoms with E-state index in [4.69, 9.17) is 0 Å². The molecule has 0 saturated carbocycles. The highest BCUT2D eigenvalue weighted by molar-refractivity contribution is 7.19. The van der Waals surface area contributed by atoms with Gasteiger partial charge in [-0.05, 0) is 113 Å². The van der Waals surface area contributed by atoms with Gasteiger partial charge >= 0.3 is 0 Å². The highest BCUT2D eigenvalue weighted by Gasteiger charge is 2.47. The average Bonchev–Trinajstić information content (AvgIpc) is 3.74. The first-order valence-corrected chi connectivity index (χ1v) is 25.9. The Morgan fingerprint density at radius 2 is 0.580 bits per heavy atom. The molecule has 0 atom stereocenters. The number of hydrogen-bond acceptors (Lipinski definition) is 1.